The Morgan fingerprint density at radius 1 is 0.800 bits per heavy atom. The van der Waals surface area contributed by atoms with E-state index in [1.807, 2.05) is 7.05 Å². The summed E-state index contributed by atoms with van der Waals surface area (Å²) in [4.78, 5) is 0. The quantitative estimate of drug-likeness (QED) is 0.521. The van der Waals surface area contributed by atoms with Crippen LogP contribution < -0.4 is 5.32 Å². The topological polar surface area (TPSA) is 21.3 Å². The molecule has 1 N–H and O–H groups in total. The second kappa shape index (κ2) is 9.42. The van der Waals surface area contributed by atoms with Crippen molar-refractivity contribution in [3.05, 3.63) is 113 Å². The Morgan fingerprint density at radius 3 is 2.10 bits per heavy atom. The predicted molar refractivity (Wildman–Crippen MR) is 126 cm³/mol. The molecular formula is C28H31NO. The lowest BCUT2D eigenvalue weighted by Gasteiger charge is -2.29. The van der Waals surface area contributed by atoms with Crippen molar-refractivity contribution in [3.63, 3.8) is 0 Å². The maximum atomic E-state index is 6.00. The van der Waals surface area contributed by atoms with Gasteiger partial charge in [0.15, 0.2) is 0 Å². The molecule has 0 saturated heterocycles. The smallest absolute Gasteiger partial charge is 0.0610 e. The third-order valence-corrected chi connectivity index (χ3v) is 5.99. The third kappa shape index (κ3) is 4.26. The summed E-state index contributed by atoms with van der Waals surface area (Å²) in [5, 5.41) is 3.43. The van der Waals surface area contributed by atoms with Crippen molar-refractivity contribution in [3.8, 4) is 0 Å². The van der Waals surface area contributed by atoms with Gasteiger partial charge >= 0.3 is 0 Å². The third-order valence-electron chi connectivity index (χ3n) is 5.99. The molecule has 30 heavy (non-hydrogen) atoms. The molecule has 2 nitrogen and oxygen atoms in total. The molecule has 0 aromatic heterocycles. The molecule has 1 aliphatic rings. The van der Waals surface area contributed by atoms with E-state index in [-0.39, 0.29) is 5.41 Å². The van der Waals surface area contributed by atoms with E-state index in [9.17, 15) is 0 Å². The fourth-order valence-electron chi connectivity index (χ4n) is 4.71. The summed E-state index contributed by atoms with van der Waals surface area (Å²) >= 11 is 0. The number of likely N-dealkylation sites (N-methyl/N-ethyl adjacent to an activating group) is 1. The first-order valence-corrected chi connectivity index (χ1v) is 10.9. The maximum absolute atomic E-state index is 6.00. The number of benzene rings is 3. The van der Waals surface area contributed by atoms with Crippen molar-refractivity contribution in [1.82, 2.24) is 5.32 Å². The molecular weight excluding hydrogens is 366 g/mol. The second-order valence-corrected chi connectivity index (χ2v) is 8.16. The lowest BCUT2D eigenvalue weighted by Crippen LogP contribution is -2.38. The summed E-state index contributed by atoms with van der Waals surface area (Å²) in [7, 11) is 2.03. The largest absolute Gasteiger partial charge is 0.380 e. The molecule has 0 bridgehead atoms. The number of rotatable bonds is 9. The van der Waals surface area contributed by atoms with E-state index in [1.165, 1.54) is 33.4 Å². The highest BCUT2D eigenvalue weighted by molar-refractivity contribution is 5.80. The fraction of sp³-hybridized carbons (Fsp3) is 0.286. The van der Waals surface area contributed by atoms with Gasteiger partial charge in [-0.2, -0.15) is 0 Å². The number of nitrogens with one attached hydrogen (secondary N) is 1. The van der Waals surface area contributed by atoms with Crippen LogP contribution in [0.15, 0.2) is 84.9 Å². The maximum Gasteiger partial charge on any atom is 0.0610 e. The van der Waals surface area contributed by atoms with E-state index in [0.717, 1.165) is 26.0 Å². The number of fused-ring (bicyclic) bond motifs is 1. The van der Waals surface area contributed by atoms with Crippen molar-refractivity contribution in [2.45, 2.75) is 25.2 Å². The van der Waals surface area contributed by atoms with Gasteiger partial charge in [-0.1, -0.05) is 84.9 Å². The molecule has 0 spiro atoms. The fourth-order valence-corrected chi connectivity index (χ4v) is 4.71. The lowest BCUT2D eigenvalue weighted by atomic mass is 9.81. The molecule has 0 fully saturated rings. The number of hydrogen-bond donors (Lipinski definition) is 1. The molecule has 2 heteroatoms. The molecule has 0 amide bonds. The van der Waals surface area contributed by atoms with Crippen LogP contribution in [0.2, 0.25) is 0 Å². The van der Waals surface area contributed by atoms with Crippen LogP contribution in [0.25, 0.3) is 5.57 Å². The van der Waals surface area contributed by atoms with Crippen LogP contribution in [-0.2, 0) is 23.0 Å². The summed E-state index contributed by atoms with van der Waals surface area (Å²) in [5.41, 5.74) is 8.19. The minimum Gasteiger partial charge on any atom is -0.380 e. The van der Waals surface area contributed by atoms with Crippen LogP contribution in [0.3, 0.4) is 0 Å². The molecule has 0 heterocycles. The van der Waals surface area contributed by atoms with Crippen LogP contribution in [0.1, 0.15) is 34.7 Å². The molecule has 1 unspecified atom stereocenters. The normalized spacial score (nSPS) is 17.6. The summed E-state index contributed by atoms with van der Waals surface area (Å²) in [6, 6.07) is 28.4. The molecule has 3 aromatic rings. The van der Waals surface area contributed by atoms with Gasteiger partial charge in [-0.15, -0.1) is 0 Å². The van der Waals surface area contributed by atoms with Gasteiger partial charge < -0.3 is 10.1 Å². The predicted octanol–water partition coefficient (Wildman–Crippen LogP) is 5.41. The van der Waals surface area contributed by atoms with Gasteiger partial charge in [-0.3, -0.25) is 0 Å². The van der Waals surface area contributed by atoms with Crippen molar-refractivity contribution < 1.29 is 4.74 Å². The average Bonchev–Trinajstić information content (AvgIpc) is 3.08. The average molecular weight is 398 g/mol. The Labute approximate surface area is 180 Å². The first kappa shape index (κ1) is 20.6. The zero-order valence-electron chi connectivity index (χ0n) is 18.0. The number of ether oxygens (including phenoxy) is 1. The van der Waals surface area contributed by atoms with E-state index in [2.05, 4.69) is 97.2 Å². The van der Waals surface area contributed by atoms with E-state index in [1.54, 1.807) is 0 Å². The van der Waals surface area contributed by atoms with Crippen LogP contribution in [0.4, 0.5) is 0 Å². The van der Waals surface area contributed by atoms with Crippen LogP contribution in [0.5, 0.6) is 0 Å². The molecule has 0 saturated carbocycles. The summed E-state index contributed by atoms with van der Waals surface area (Å²) in [6.07, 6.45) is 4.36. The lowest BCUT2D eigenvalue weighted by molar-refractivity contribution is 0.110. The first-order chi connectivity index (χ1) is 14.8. The van der Waals surface area contributed by atoms with Gasteiger partial charge in [0.25, 0.3) is 0 Å². The molecule has 1 aliphatic carbocycles. The second-order valence-electron chi connectivity index (χ2n) is 8.16. The Kier molecular flexibility index (Phi) is 6.47. The monoisotopic (exact) mass is 397 g/mol. The number of allylic oxidation sites excluding steroid dienone is 1. The zero-order valence-corrected chi connectivity index (χ0v) is 18.0. The van der Waals surface area contributed by atoms with E-state index < -0.39 is 0 Å². The first-order valence-electron chi connectivity index (χ1n) is 10.9. The van der Waals surface area contributed by atoms with E-state index >= 15 is 0 Å². The van der Waals surface area contributed by atoms with Crippen molar-refractivity contribution >= 4 is 5.57 Å². The number of hydrogen-bond acceptors (Lipinski definition) is 2. The minimum atomic E-state index is -0.128. The highest BCUT2D eigenvalue weighted by Gasteiger charge is 2.38. The van der Waals surface area contributed by atoms with Crippen LogP contribution in [0, 0.1) is 0 Å². The highest BCUT2D eigenvalue weighted by atomic mass is 16.5. The standard InChI is InChI=1S/C28H31NO/c1-3-30-21-28(20-29-2)19-25(18-23-13-8-5-9-14-23)27-24(15-10-16-26(27)28)17-22-11-6-4-7-12-22/h4-16,19,29H,3,17-18,20-21H2,1-2H3. The molecule has 154 valence electrons. The molecule has 0 aliphatic heterocycles. The summed E-state index contributed by atoms with van der Waals surface area (Å²) in [6.45, 7) is 4.37. The Hall–Kier alpha value is -2.68. The van der Waals surface area contributed by atoms with Gasteiger partial charge in [0.1, 0.15) is 0 Å². The van der Waals surface area contributed by atoms with Crippen LogP contribution >= 0.6 is 0 Å². The van der Waals surface area contributed by atoms with Crippen molar-refractivity contribution in [1.29, 1.82) is 0 Å². The van der Waals surface area contributed by atoms with Crippen LogP contribution in [-0.4, -0.2) is 26.8 Å². The van der Waals surface area contributed by atoms with Gasteiger partial charge in [0, 0.05) is 13.2 Å². The van der Waals surface area contributed by atoms with Gasteiger partial charge in [-0.25, -0.2) is 0 Å². The van der Waals surface area contributed by atoms with Gasteiger partial charge in [0.2, 0.25) is 0 Å². The minimum absolute atomic E-state index is 0.128. The molecule has 1 atom stereocenters. The SMILES string of the molecule is CCOCC1(CNC)C=C(Cc2ccccc2)c2c(Cc3ccccc3)cccc21. The molecule has 4 rings (SSSR count). The molecule has 0 radical (unpaired) electrons. The zero-order chi connectivity index (χ0) is 20.8. The van der Waals surface area contributed by atoms with Gasteiger partial charge in [0.05, 0.1) is 12.0 Å². The molecule has 3 aromatic carbocycles. The Balaban J connectivity index is 1.80. The Morgan fingerprint density at radius 2 is 1.47 bits per heavy atom. The van der Waals surface area contributed by atoms with E-state index in [4.69, 9.17) is 4.74 Å². The summed E-state index contributed by atoms with van der Waals surface area (Å²) in [5.74, 6) is 0. The highest BCUT2D eigenvalue weighted by Crippen LogP contribution is 2.44. The van der Waals surface area contributed by atoms with Gasteiger partial charge in [-0.05, 0) is 60.2 Å². The van der Waals surface area contributed by atoms with E-state index in [0.29, 0.717) is 6.61 Å². The van der Waals surface area contributed by atoms with Crippen molar-refractivity contribution in [2.75, 3.05) is 26.8 Å². The van der Waals surface area contributed by atoms with Crippen molar-refractivity contribution in [2.24, 2.45) is 0 Å². The Bertz CT molecular complexity index is 994. The summed E-state index contributed by atoms with van der Waals surface area (Å²) < 4.78 is 6.00.